The van der Waals surface area contributed by atoms with E-state index in [4.69, 9.17) is 11.6 Å². The summed E-state index contributed by atoms with van der Waals surface area (Å²) in [6, 6.07) is 7.50. The third-order valence-corrected chi connectivity index (χ3v) is 3.45. The largest absolute Gasteiger partial charge is 0.385 e. The first kappa shape index (κ1) is 11.0. The summed E-state index contributed by atoms with van der Waals surface area (Å²) in [5.41, 5.74) is 0.264. The second-order valence-corrected chi connectivity index (χ2v) is 5.20. The Morgan fingerprint density at radius 1 is 1.33 bits per heavy atom. The molecule has 1 aromatic rings. The minimum Gasteiger partial charge on any atom is -0.385 e. The van der Waals surface area contributed by atoms with Gasteiger partial charge < -0.3 is 5.11 Å². The van der Waals surface area contributed by atoms with Crippen LogP contribution in [0.5, 0.6) is 0 Å². The van der Waals surface area contributed by atoms with Crippen LogP contribution in [-0.4, -0.2) is 5.11 Å². The van der Waals surface area contributed by atoms with Gasteiger partial charge in [0, 0.05) is 5.02 Å². The van der Waals surface area contributed by atoms with E-state index in [2.05, 4.69) is 0 Å². The average molecular weight is 225 g/mol. The van der Waals surface area contributed by atoms with Gasteiger partial charge in [0.05, 0.1) is 5.60 Å². The Kier molecular flexibility index (Phi) is 3.03. The Morgan fingerprint density at radius 2 is 1.93 bits per heavy atom. The van der Waals surface area contributed by atoms with Gasteiger partial charge in [-0.3, -0.25) is 0 Å². The van der Waals surface area contributed by atoms with Crippen LogP contribution in [-0.2, 0) is 5.60 Å². The van der Waals surface area contributed by atoms with Crippen LogP contribution in [0.15, 0.2) is 24.3 Å². The van der Waals surface area contributed by atoms with Gasteiger partial charge in [-0.15, -0.1) is 0 Å². The van der Waals surface area contributed by atoms with Crippen molar-refractivity contribution in [3.8, 4) is 0 Å². The van der Waals surface area contributed by atoms with Crippen molar-refractivity contribution in [1.82, 2.24) is 0 Å². The van der Waals surface area contributed by atoms with Crippen LogP contribution in [0.1, 0.15) is 38.2 Å². The maximum absolute atomic E-state index is 10.3. The minimum atomic E-state index is -0.701. The summed E-state index contributed by atoms with van der Waals surface area (Å²) < 4.78 is 0. The lowest BCUT2D eigenvalue weighted by molar-refractivity contribution is 0.0440. The van der Waals surface area contributed by atoms with Crippen LogP contribution in [0.3, 0.4) is 0 Å². The van der Waals surface area contributed by atoms with E-state index in [-0.39, 0.29) is 0 Å². The van der Waals surface area contributed by atoms with Crippen molar-refractivity contribution in [3.63, 3.8) is 0 Å². The summed E-state index contributed by atoms with van der Waals surface area (Å²) in [7, 11) is 0. The van der Waals surface area contributed by atoms with Crippen LogP contribution in [0.2, 0.25) is 5.02 Å². The molecule has 1 atom stereocenters. The molecule has 1 aromatic carbocycles. The van der Waals surface area contributed by atoms with Gasteiger partial charge in [-0.2, -0.15) is 0 Å². The SMILES string of the molecule is CC(O)(CCC1CC1)c1ccc(Cl)cc1. The zero-order valence-electron chi connectivity index (χ0n) is 9.04. The third kappa shape index (κ3) is 2.96. The summed E-state index contributed by atoms with van der Waals surface area (Å²) >= 11 is 5.82. The number of aliphatic hydroxyl groups is 1. The van der Waals surface area contributed by atoms with Gasteiger partial charge in [0.15, 0.2) is 0 Å². The number of halogens is 1. The van der Waals surface area contributed by atoms with Gasteiger partial charge in [0.1, 0.15) is 0 Å². The third-order valence-electron chi connectivity index (χ3n) is 3.20. The molecule has 0 spiro atoms. The van der Waals surface area contributed by atoms with E-state index >= 15 is 0 Å². The molecule has 2 rings (SSSR count). The van der Waals surface area contributed by atoms with E-state index in [1.807, 2.05) is 31.2 Å². The van der Waals surface area contributed by atoms with Crippen molar-refractivity contribution in [1.29, 1.82) is 0 Å². The highest BCUT2D eigenvalue weighted by atomic mass is 35.5. The molecule has 0 bridgehead atoms. The van der Waals surface area contributed by atoms with Gasteiger partial charge in [-0.25, -0.2) is 0 Å². The molecule has 0 aromatic heterocycles. The molecule has 0 aliphatic heterocycles. The molecule has 1 unspecified atom stereocenters. The molecule has 0 amide bonds. The fraction of sp³-hybridized carbons (Fsp3) is 0.538. The lowest BCUT2D eigenvalue weighted by Crippen LogP contribution is -2.21. The van der Waals surface area contributed by atoms with Crippen LogP contribution >= 0.6 is 11.6 Å². The van der Waals surface area contributed by atoms with Crippen molar-refractivity contribution < 1.29 is 5.11 Å². The van der Waals surface area contributed by atoms with Gasteiger partial charge in [-0.05, 0) is 43.4 Å². The monoisotopic (exact) mass is 224 g/mol. The topological polar surface area (TPSA) is 20.2 Å². The summed E-state index contributed by atoms with van der Waals surface area (Å²) in [4.78, 5) is 0. The molecule has 1 saturated carbocycles. The number of benzene rings is 1. The Balaban J connectivity index is 2.02. The quantitative estimate of drug-likeness (QED) is 0.826. The molecular formula is C13H17ClO. The Morgan fingerprint density at radius 3 is 2.47 bits per heavy atom. The number of hydrogen-bond donors (Lipinski definition) is 1. The highest BCUT2D eigenvalue weighted by Gasteiger charge is 2.28. The van der Waals surface area contributed by atoms with Crippen molar-refractivity contribution in [2.75, 3.05) is 0 Å². The summed E-state index contributed by atoms with van der Waals surface area (Å²) in [5, 5.41) is 11.0. The van der Waals surface area contributed by atoms with Crippen molar-refractivity contribution in [2.24, 2.45) is 5.92 Å². The predicted molar refractivity (Wildman–Crippen MR) is 63.0 cm³/mol. The van der Waals surface area contributed by atoms with E-state index in [9.17, 15) is 5.11 Å². The van der Waals surface area contributed by atoms with Crippen LogP contribution in [0.4, 0.5) is 0 Å². The van der Waals surface area contributed by atoms with E-state index in [1.54, 1.807) is 0 Å². The highest BCUT2D eigenvalue weighted by molar-refractivity contribution is 6.30. The molecule has 15 heavy (non-hydrogen) atoms. The maximum Gasteiger partial charge on any atom is 0.0868 e. The normalized spacial score (nSPS) is 19.9. The summed E-state index contributed by atoms with van der Waals surface area (Å²) in [6.07, 6.45) is 4.67. The second kappa shape index (κ2) is 4.15. The molecule has 1 fully saturated rings. The van der Waals surface area contributed by atoms with Crippen LogP contribution < -0.4 is 0 Å². The molecule has 1 aliphatic carbocycles. The molecule has 2 heteroatoms. The molecule has 1 N–H and O–H groups in total. The van der Waals surface area contributed by atoms with E-state index < -0.39 is 5.60 Å². The van der Waals surface area contributed by atoms with Gasteiger partial charge in [-0.1, -0.05) is 36.6 Å². The summed E-state index contributed by atoms with van der Waals surface area (Å²) in [5.74, 6) is 0.865. The molecule has 1 aliphatic rings. The number of hydrogen-bond acceptors (Lipinski definition) is 1. The first-order chi connectivity index (χ1) is 7.08. The fourth-order valence-electron chi connectivity index (χ4n) is 1.84. The zero-order valence-corrected chi connectivity index (χ0v) is 9.80. The standard InChI is InChI=1S/C13H17ClO/c1-13(15,9-8-10-2-3-10)11-4-6-12(14)7-5-11/h4-7,10,15H,2-3,8-9H2,1H3. The summed E-state index contributed by atoms with van der Waals surface area (Å²) in [6.45, 7) is 1.89. The van der Waals surface area contributed by atoms with Gasteiger partial charge in [0.2, 0.25) is 0 Å². The second-order valence-electron chi connectivity index (χ2n) is 4.76. The average Bonchev–Trinajstić information content (AvgIpc) is 2.99. The van der Waals surface area contributed by atoms with Crippen molar-refractivity contribution >= 4 is 11.6 Å². The molecule has 82 valence electrons. The lowest BCUT2D eigenvalue weighted by Gasteiger charge is -2.23. The molecule has 1 nitrogen and oxygen atoms in total. The molecule has 0 radical (unpaired) electrons. The first-order valence-corrected chi connectivity index (χ1v) is 5.94. The first-order valence-electron chi connectivity index (χ1n) is 5.56. The Bertz CT molecular complexity index is 325. The highest BCUT2D eigenvalue weighted by Crippen LogP contribution is 2.37. The molecule has 0 saturated heterocycles. The fourth-order valence-corrected chi connectivity index (χ4v) is 1.97. The zero-order chi connectivity index (χ0) is 10.9. The van der Waals surface area contributed by atoms with Crippen LogP contribution in [0, 0.1) is 5.92 Å². The maximum atomic E-state index is 10.3. The predicted octanol–water partition coefficient (Wildman–Crippen LogP) is 3.74. The van der Waals surface area contributed by atoms with Crippen LogP contribution in [0.25, 0.3) is 0 Å². The smallest absolute Gasteiger partial charge is 0.0868 e. The Labute approximate surface area is 96.1 Å². The van der Waals surface area contributed by atoms with E-state index in [0.717, 1.165) is 29.3 Å². The minimum absolute atomic E-state index is 0.701. The lowest BCUT2D eigenvalue weighted by atomic mass is 9.90. The molecular weight excluding hydrogens is 208 g/mol. The van der Waals surface area contributed by atoms with E-state index in [1.165, 1.54) is 12.8 Å². The number of rotatable bonds is 4. The van der Waals surface area contributed by atoms with Gasteiger partial charge >= 0.3 is 0 Å². The van der Waals surface area contributed by atoms with Gasteiger partial charge in [0.25, 0.3) is 0 Å². The van der Waals surface area contributed by atoms with E-state index in [0.29, 0.717) is 0 Å². The van der Waals surface area contributed by atoms with Crippen molar-refractivity contribution in [3.05, 3.63) is 34.9 Å². The molecule has 0 heterocycles. The Hall–Kier alpha value is -0.530. The van der Waals surface area contributed by atoms with Crippen molar-refractivity contribution in [2.45, 2.75) is 38.2 Å².